The average molecular weight is 242 g/mol. The summed E-state index contributed by atoms with van der Waals surface area (Å²) in [4.78, 5) is 24.8. The Bertz CT molecular complexity index is 291. The monoisotopic (exact) mass is 242 g/mol. The van der Waals surface area contributed by atoms with Gasteiger partial charge in [-0.2, -0.15) is 0 Å². The van der Waals surface area contributed by atoms with Crippen molar-refractivity contribution in [2.45, 2.75) is 32.7 Å². The lowest BCUT2D eigenvalue weighted by Crippen LogP contribution is -2.43. The van der Waals surface area contributed by atoms with Crippen LogP contribution in [0.4, 0.5) is 0 Å². The summed E-state index contributed by atoms with van der Waals surface area (Å²) < 4.78 is 0. The lowest BCUT2D eigenvalue weighted by molar-refractivity contribution is -0.138. The standard InChI is InChI=1S/C12H22N2O3/c1-8(2)10(6-11(15)16)13-12(17)9-4-5-14(3)7-9/h8-10H,4-7H2,1-3H3,(H,13,17)(H,15,16). The van der Waals surface area contributed by atoms with Crippen LogP contribution in [0.2, 0.25) is 0 Å². The molecule has 1 aliphatic heterocycles. The van der Waals surface area contributed by atoms with Crippen molar-refractivity contribution >= 4 is 11.9 Å². The summed E-state index contributed by atoms with van der Waals surface area (Å²) in [5.74, 6) is -0.730. The van der Waals surface area contributed by atoms with Crippen LogP contribution in [0.1, 0.15) is 26.7 Å². The van der Waals surface area contributed by atoms with Crippen LogP contribution in [-0.4, -0.2) is 48.1 Å². The second-order valence-electron chi connectivity index (χ2n) is 5.20. The highest BCUT2D eigenvalue weighted by Gasteiger charge is 2.28. The van der Waals surface area contributed by atoms with Crippen molar-refractivity contribution in [2.24, 2.45) is 11.8 Å². The van der Waals surface area contributed by atoms with Crippen molar-refractivity contribution in [3.05, 3.63) is 0 Å². The van der Waals surface area contributed by atoms with E-state index in [1.54, 1.807) is 0 Å². The Hall–Kier alpha value is -1.10. The quantitative estimate of drug-likeness (QED) is 0.739. The van der Waals surface area contributed by atoms with Gasteiger partial charge in [-0.25, -0.2) is 0 Å². The van der Waals surface area contributed by atoms with E-state index in [2.05, 4.69) is 10.2 Å². The third-order valence-electron chi connectivity index (χ3n) is 3.29. The van der Waals surface area contributed by atoms with Crippen LogP contribution in [0.5, 0.6) is 0 Å². The molecular formula is C12H22N2O3. The Kier molecular flexibility index (Phi) is 4.93. The van der Waals surface area contributed by atoms with Gasteiger partial charge in [0.15, 0.2) is 0 Å². The molecule has 2 atom stereocenters. The predicted octanol–water partition coefficient (Wildman–Crippen LogP) is 0.554. The zero-order chi connectivity index (χ0) is 13.0. The van der Waals surface area contributed by atoms with E-state index in [1.165, 1.54) is 0 Å². The van der Waals surface area contributed by atoms with E-state index < -0.39 is 5.97 Å². The first-order valence-corrected chi connectivity index (χ1v) is 6.11. The molecule has 0 bridgehead atoms. The maximum absolute atomic E-state index is 12.0. The van der Waals surface area contributed by atoms with Crippen LogP contribution < -0.4 is 5.32 Å². The molecule has 5 nitrogen and oxygen atoms in total. The molecule has 2 N–H and O–H groups in total. The van der Waals surface area contributed by atoms with E-state index in [1.807, 2.05) is 20.9 Å². The molecule has 5 heteroatoms. The number of carboxylic acids is 1. The molecule has 0 aromatic carbocycles. The van der Waals surface area contributed by atoms with Gasteiger partial charge in [-0.1, -0.05) is 13.8 Å². The molecule has 0 aromatic heterocycles. The summed E-state index contributed by atoms with van der Waals surface area (Å²) in [6, 6.07) is -0.272. The number of hydrogen-bond donors (Lipinski definition) is 2. The largest absolute Gasteiger partial charge is 0.481 e. The summed E-state index contributed by atoms with van der Waals surface area (Å²) in [5.41, 5.74) is 0. The zero-order valence-corrected chi connectivity index (χ0v) is 10.8. The molecule has 1 aliphatic rings. The molecule has 1 rings (SSSR count). The number of hydrogen-bond acceptors (Lipinski definition) is 3. The van der Waals surface area contributed by atoms with Gasteiger partial charge in [0.25, 0.3) is 0 Å². The number of likely N-dealkylation sites (tertiary alicyclic amines) is 1. The lowest BCUT2D eigenvalue weighted by atomic mass is 9.99. The van der Waals surface area contributed by atoms with E-state index >= 15 is 0 Å². The topological polar surface area (TPSA) is 69.6 Å². The summed E-state index contributed by atoms with van der Waals surface area (Å²) in [6.07, 6.45) is 0.853. The summed E-state index contributed by atoms with van der Waals surface area (Å²) >= 11 is 0. The molecule has 1 fully saturated rings. The SMILES string of the molecule is CC(C)C(CC(=O)O)NC(=O)C1CCN(C)C1. The van der Waals surface area contributed by atoms with Crippen LogP contribution in [0.3, 0.4) is 0 Å². The van der Waals surface area contributed by atoms with Gasteiger partial charge in [-0.3, -0.25) is 9.59 Å². The molecular weight excluding hydrogens is 220 g/mol. The molecule has 1 heterocycles. The first-order valence-electron chi connectivity index (χ1n) is 6.11. The molecule has 17 heavy (non-hydrogen) atoms. The van der Waals surface area contributed by atoms with E-state index in [-0.39, 0.29) is 30.2 Å². The van der Waals surface area contributed by atoms with Crippen LogP contribution >= 0.6 is 0 Å². The molecule has 2 unspecified atom stereocenters. The van der Waals surface area contributed by atoms with Crippen LogP contribution in [0, 0.1) is 11.8 Å². The smallest absolute Gasteiger partial charge is 0.305 e. The van der Waals surface area contributed by atoms with Gasteiger partial charge in [0.2, 0.25) is 5.91 Å². The molecule has 0 radical (unpaired) electrons. The van der Waals surface area contributed by atoms with Gasteiger partial charge in [0.05, 0.1) is 12.3 Å². The molecule has 0 aliphatic carbocycles. The Labute approximate surface area is 102 Å². The number of amides is 1. The van der Waals surface area contributed by atoms with Gasteiger partial charge >= 0.3 is 5.97 Å². The fourth-order valence-corrected chi connectivity index (χ4v) is 2.09. The van der Waals surface area contributed by atoms with Crippen LogP contribution in [0.15, 0.2) is 0 Å². The normalized spacial score (nSPS) is 22.7. The highest BCUT2D eigenvalue weighted by Crippen LogP contribution is 2.16. The van der Waals surface area contributed by atoms with Crippen molar-refractivity contribution in [3.8, 4) is 0 Å². The lowest BCUT2D eigenvalue weighted by Gasteiger charge is -2.22. The van der Waals surface area contributed by atoms with Gasteiger partial charge in [0, 0.05) is 12.6 Å². The number of rotatable bonds is 5. The Morgan fingerprint density at radius 3 is 2.53 bits per heavy atom. The average Bonchev–Trinajstić information content (AvgIpc) is 2.63. The second-order valence-corrected chi connectivity index (χ2v) is 5.20. The van der Waals surface area contributed by atoms with E-state index in [0.717, 1.165) is 19.5 Å². The Balaban J connectivity index is 2.49. The fourth-order valence-electron chi connectivity index (χ4n) is 2.09. The van der Waals surface area contributed by atoms with Crippen molar-refractivity contribution in [3.63, 3.8) is 0 Å². The molecule has 0 spiro atoms. The minimum atomic E-state index is -0.868. The number of nitrogens with one attached hydrogen (secondary N) is 1. The summed E-state index contributed by atoms with van der Waals surface area (Å²) in [6.45, 7) is 5.55. The third kappa shape index (κ3) is 4.34. The summed E-state index contributed by atoms with van der Waals surface area (Å²) in [5, 5.41) is 11.7. The molecule has 0 aromatic rings. The predicted molar refractivity (Wildman–Crippen MR) is 64.6 cm³/mol. The number of carbonyl (C=O) groups is 2. The first kappa shape index (κ1) is 14.0. The van der Waals surface area contributed by atoms with Crippen molar-refractivity contribution < 1.29 is 14.7 Å². The van der Waals surface area contributed by atoms with Gasteiger partial charge in [0.1, 0.15) is 0 Å². The van der Waals surface area contributed by atoms with E-state index in [9.17, 15) is 9.59 Å². The van der Waals surface area contributed by atoms with Crippen molar-refractivity contribution in [1.29, 1.82) is 0 Å². The maximum Gasteiger partial charge on any atom is 0.305 e. The number of carbonyl (C=O) groups excluding carboxylic acids is 1. The zero-order valence-electron chi connectivity index (χ0n) is 10.8. The van der Waals surface area contributed by atoms with Crippen LogP contribution in [0.25, 0.3) is 0 Å². The van der Waals surface area contributed by atoms with E-state index in [0.29, 0.717) is 0 Å². The third-order valence-corrected chi connectivity index (χ3v) is 3.29. The van der Waals surface area contributed by atoms with Gasteiger partial charge in [-0.15, -0.1) is 0 Å². The Morgan fingerprint density at radius 1 is 1.47 bits per heavy atom. The first-order chi connectivity index (χ1) is 7.90. The van der Waals surface area contributed by atoms with Crippen molar-refractivity contribution in [1.82, 2.24) is 10.2 Å². The molecule has 1 saturated heterocycles. The number of nitrogens with zero attached hydrogens (tertiary/aromatic N) is 1. The maximum atomic E-state index is 12.0. The van der Waals surface area contributed by atoms with Crippen LogP contribution in [-0.2, 0) is 9.59 Å². The minimum Gasteiger partial charge on any atom is -0.481 e. The highest BCUT2D eigenvalue weighted by molar-refractivity contribution is 5.80. The second kappa shape index (κ2) is 6.00. The molecule has 98 valence electrons. The van der Waals surface area contributed by atoms with Gasteiger partial charge in [-0.05, 0) is 25.9 Å². The number of aliphatic carboxylic acids is 1. The summed E-state index contributed by atoms with van der Waals surface area (Å²) in [7, 11) is 1.99. The van der Waals surface area contributed by atoms with Crippen molar-refractivity contribution in [2.75, 3.05) is 20.1 Å². The minimum absolute atomic E-state index is 0.00528. The fraction of sp³-hybridized carbons (Fsp3) is 0.833. The molecule has 0 saturated carbocycles. The highest BCUT2D eigenvalue weighted by atomic mass is 16.4. The van der Waals surface area contributed by atoms with Gasteiger partial charge < -0.3 is 15.3 Å². The van der Waals surface area contributed by atoms with E-state index in [4.69, 9.17) is 5.11 Å². The Morgan fingerprint density at radius 2 is 2.12 bits per heavy atom. The molecule has 1 amide bonds. The number of carboxylic acid groups (broad SMARTS) is 1.